The second-order valence-corrected chi connectivity index (χ2v) is 12.2. The van der Waals surface area contributed by atoms with E-state index in [2.05, 4.69) is 20.2 Å². The SMILES string of the molecule is CC(C)S(=O)(=O)c1ccc(-c2cncc(-c3nnc(C4=CCN(C(=O)OC(C)(C)C)CC4)o3)n2)cc1. The molecular weight excluding hydrogens is 482 g/mol. The Kier molecular flexibility index (Phi) is 6.94. The molecule has 36 heavy (non-hydrogen) atoms. The lowest BCUT2D eigenvalue weighted by Gasteiger charge is -2.28. The molecule has 0 unspecified atom stereocenters. The number of hydrogen-bond donors (Lipinski definition) is 0. The third-order valence-corrected chi connectivity index (χ3v) is 7.68. The summed E-state index contributed by atoms with van der Waals surface area (Å²) in [4.78, 5) is 23.0. The molecule has 0 saturated heterocycles. The normalized spacial score (nSPS) is 14.6. The Morgan fingerprint density at radius 2 is 1.72 bits per heavy atom. The first kappa shape index (κ1) is 25.5. The van der Waals surface area contributed by atoms with Crippen molar-refractivity contribution in [2.45, 2.75) is 56.8 Å². The minimum atomic E-state index is -3.35. The molecule has 0 fully saturated rings. The fraction of sp³-hybridized carbons (Fsp3) is 0.400. The van der Waals surface area contributed by atoms with E-state index in [1.807, 2.05) is 26.8 Å². The van der Waals surface area contributed by atoms with Crippen LogP contribution in [0, 0.1) is 0 Å². The number of carbonyl (C=O) groups excluding carboxylic acids is 1. The first-order chi connectivity index (χ1) is 16.9. The van der Waals surface area contributed by atoms with Crippen molar-refractivity contribution in [1.29, 1.82) is 0 Å². The maximum Gasteiger partial charge on any atom is 0.410 e. The van der Waals surface area contributed by atoms with Gasteiger partial charge >= 0.3 is 6.09 Å². The molecule has 0 N–H and O–H groups in total. The number of sulfone groups is 1. The third-order valence-electron chi connectivity index (χ3n) is 5.51. The van der Waals surface area contributed by atoms with Crippen molar-refractivity contribution in [1.82, 2.24) is 25.1 Å². The van der Waals surface area contributed by atoms with Crippen LogP contribution in [-0.4, -0.2) is 63.5 Å². The average Bonchev–Trinajstić information content (AvgIpc) is 3.34. The molecule has 3 aromatic rings. The van der Waals surface area contributed by atoms with E-state index in [-0.39, 0.29) is 16.9 Å². The number of hydrogen-bond acceptors (Lipinski definition) is 9. The number of amides is 1. The summed E-state index contributed by atoms with van der Waals surface area (Å²) in [6, 6.07) is 6.54. The quantitative estimate of drug-likeness (QED) is 0.489. The zero-order valence-electron chi connectivity index (χ0n) is 20.9. The summed E-state index contributed by atoms with van der Waals surface area (Å²) in [6.45, 7) is 9.67. The van der Waals surface area contributed by atoms with Crippen LogP contribution in [0.4, 0.5) is 4.79 Å². The lowest BCUT2D eigenvalue weighted by atomic mass is 10.1. The van der Waals surface area contributed by atoms with Gasteiger partial charge in [-0.2, -0.15) is 0 Å². The molecule has 1 aliphatic heterocycles. The van der Waals surface area contributed by atoms with Crippen LogP contribution >= 0.6 is 0 Å². The van der Waals surface area contributed by atoms with Crippen LogP contribution in [0.25, 0.3) is 28.4 Å². The standard InChI is InChI=1S/C25H29N5O5S/c1-16(2)36(32,33)19-8-6-17(7-9-19)20-14-26-15-21(27-20)23-29-28-22(34-23)18-10-12-30(13-11-18)24(31)35-25(3,4)5/h6-10,14-16H,11-13H2,1-5H3. The molecule has 0 radical (unpaired) electrons. The Morgan fingerprint density at radius 3 is 2.33 bits per heavy atom. The maximum atomic E-state index is 12.4. The van der Waals surface area contributed by atoms with Gasteiger partial charge in [0.25, 0.3) is 5.89 Å². The molecule has 0 saturated carbocycles. The van der Waals surface area contributed by atoms with Crippen LogP contribution in [0.1, 0.15) is 46.9 Å². The van der Waals surface area contributed by atoms with E-state index in [0.29, 0.717) is 42.4 Å². The lowest BCUT2D eigenvalue weighted by Crippen LogP contribution is -2.39. The highest BCUT2D eigenvalue weighted by atomic mass is 32.2. The smallest absolute Gasteiger partial charge is 0.410 e. The molecule has 0 spiro atoms. The molecule has 1 aliphatic rings. The van der Waals surface area contributed by atoms with Gasteiger partial charge in [0.15, 0.2) is 9.84 Å². The number of rotatable bonds is 5. The molecule has 0 aliphatic carbocycles. The summed E-state index contributed by atoms with van der Waals surface area (Å²) in [5.74, 6) is 0.582. The molecule has 1 amide bonds. The molecule has 3 heterocycles. The summed E-state index contributed by atoms with van der Waals surface area (Å²) in [6.07, 6.45) is 5.18. The highest BCUT2D eigenvalue weighted by Gasteiger charge is 2.25. The van der Waals surface area contributed by atoms with E-state index >= 15 is 0 Å². The van der Waals surface area contributed by atoms with E-state index in [1.165, 1.54) is 6.20 Å². The predicted molar refractivity (Wildman–Crippen MR) is 133 cm³/mol. The van der Waals surface area contributed by atoms with Crippen molar-refractivity contribution in [3.8, 4) is 22.8 Å². The van der Waals surface area contributed by atoms with Gasteiger partial charge in [0.1, 0.15) is 11.3 Å². The van der Waals surface area contributed by atoms with Gasteiger partial charge in [-0.05, 0) is 53.2 Å². The topological polar surface area (TPSA) is 128 Å². The average molecular weight is 512 g/mol. The fourth-order valence-electron chi connectivity index (χ4n) is 3.51. The van der Waals surface area contributed by atoms with Crippen LogP contribution in [-0.2, 0) is 14.6 Å². The van der Waals surface area contributed by atoms with Crippen molar-refractivity contribution in [3.05, 3.63) is 48.6 Å². The van der Waals surface area contributed by atoms with E-state index in [9.17, 15) is 13.2 Å². The van der Waals surface area contributed by atoms with Gasteiger partial charge in [-0.1, -0.05) is 18.2 Å². The van der Waals surface area contributed by atoms with E-state index in [1.54, 1.807) is 49.2 Å². The van der Waals surface area contributed by atoms with Crippen LogP contribution in [0.15, 0.2) is 52.0 Å². The number of benzene rings is 1. The van der Waals surface area contributed by atoms with Crippen molar-refractivity contribution < 1.29 is 22.4 Å². The van der Waals surface area contributed by atoms with Gasteiger partial charge in [-0.25, -0.2) is 18.2 Å². The molecule has 0 bridgehead atoms. The summed E-state index contributed by atoms with van der Waals surface area (Å²) in [5, 5.41) is 7.77. The highest BCUT2D eigenvalue weighted by Crippen LogP contribution is 2.27. The number of aromatic nitrogens is 4. The number of nitrogens with zero attached hydrogens (tertiary/aromatic N) is 5. The van der Waals surface area contributed by atoms with Gasteiger partial charge in [-0.15, -0.1) is 10.2 Å². The Balaban J connectivity index is 1.49. The Hall–Kier alpha value is -3.60. The van der Waals surface area contributed by atoms with Crippen molar-refractivity contribution >= 4 is 21.5 Å². The minimum absolute atomic E-state index is 0.217. The second kappa shape index (κ2) is 9.81. The zero-order valence-corrected chi connectivity index (χ0v) is 21.7. The van der Waals surface area contributed by atoms with Gasteiger partial charge in [0, 0.05) is 24.2 Å². The van der Waals surface area contributed by atoms with Crippen molar-refractivity contribution in [2.75, 3.05) is 13.1 Å². The summed E-state index contributed by atoms with van der Waals surface area (Å²) >= 11 is 0. The van der Waals surface area contributed by atoms with Crippen molar-refractivity contribution in [2.24, 2.45) is 0 Å². The number of ether oxygens (including phenoxy) is 1. The van der Waals surface area contributed by atoms with Crippen LogP contribution in [0.2, 0.25) is 0 Å². The molecule has 0 atom stereocenters. The van der Waals surface area contributed by atoms with E-state index in [0.717, 1.165) is 5.57 Å². The largest absolute Gasteiger partial charge is 0.444 e. The van der Waals surface area contributed by atoms with Crippen molar-refractivity contribution in [3.63, 3.8) is 0 Å². The van der Waals surface area contributed by atoms with E-state index < -0.39 is 20.7 Å². The first-order valence-corrected chi connectivity index (χ1v) is 13.2. The highest BCUT2D eigenvalue weighted by molar-refractivity contribution is 7.92. The molecular formula is C25H29N5O5S. The summed E-state index contributed by atoms with van der Waals surface area (Å²) in [7, 11) is -3.35. The van der Waals surface area contributed by atoms with E-state index in [4.69, 9.17) is 9.15 Å². The monoisotopic (exact) mass is 511 g/mol. The Bertz CT molecular complexity index is 1390. The molecule has 10 nitrogen and oxygen atoms in total. The van der Waals surface area contributed by atoms with Gasteiger partial charge in [0.2, 0.25) is 5.89 Å². The molecule has 190 valence electrons. The molecule has 4 rings (SSSR count). The Labute approximate surface area is 210 Å². The molecule has 11 heteroatoms. The lowest BCUT2D eigenvalue weighted by molar-refractivity contribution is 0.0270. The van der Waals surface area contributed by atoms with Gasteiger partial charge in [-0.3, -0.25) is 4.98 Å². The molecule has 2 aromatic heterocycles. The summed E-state index contributed by atoms with van der Waals surface area (Å²) in [5.41, 5.74) is 1.96. The fourth-order valence-corrected chi connectivity index (χ4v) is 4.57. The predicted octanol–water partition coefficient (Wildman–Crippen LogP) is 4.40. The zero-order chi connectivity index (χ0) is 26.1. The maximum absolute atomic E-state index is 12.4. The number of carbonyl (C=O) groups is 1. The van der Waals surface area contributed by atoms with Crippen LogP contribution in [0.3, 0.4) is 0 Å². The van der Waals surface area contributed by atoms with Gasteiger partial charge in [0.05, 0.1) is 28.2 Å². The Morgan fingerprint density at radius 1 is 1.06 bits per heavy atom. The van der Waals surface area contributed by atoms with Crippen LogP contribution < -0.4 is 0 Å². The second-order valence-electron chi connectivity index (χ2n) is 9.73. The molecule has 1 aromatic carbocycles. The van der Waals surface area contributed by atoms with Gasteiger partial charge < -0.3 is 14.1 Å². The third kappa shape index (κ3) is 5.62. The van der Waals surface area contributed by atoms with Crippen LogP contribution in [0.5, 0.6) is 0 Å². The minimum Gasteiger partial charge on any atom is -0.444 e. The first-order valence-electron chi connectivity index (χ1n) is 11.6. The summed E-state index contributed by atoms with van der Waals surface area (Å²) < 4.78 is 36.0.